The number of likely N-dealkylation sites (tertiary alicyclic amines) is 1. The van der Waals surface area contributed by atoms with Crippen LogP contribution in [0.3, 0.4) is 0 Å². The van der Waals surface area contributed by atoms with Crippen molar-refractivity contribution < 1.29 is 9.59 Å². The number of hydrogen-bond acceptors (Lipinski definition) is 3. The van der Waals surface area contributed by atoms with E-state index in [1.807, 2.05) is 6.07 Å². The van der Waals surface area contributed by atoms with Gasteiger partial charge in [-0.05, 0) is 30.7 Å². The van der Waals surface area contributed by atoms with Gasteiger partial charge in [-0.15, -0.1) is 0 Å². The molecule has 92 valence electrons. The number of likely N-dealkylation sites (N-methyl/N-ethyl adjacent to an activating group) is 1. The van der Waals surface area contributed by atoms with Crippen LogP contribution in [0.25, 0.3) is 0 Å². The van der Waals surface area contributed by atoms with Gasteiger partial charge in [0.2, 0.25) is 11.8 Å². The number of nitrogens with one attached hydrogen (secondary N) is 1. The van der Waals surface area contributed by atoms with Crippen molar-refractivity contribution in [2.75, 3.05) is 12.4 Å². The summed E-state index contributed by atoms with van der Waals surface area (Å²) in [5.74, 6) is -0.192. The van der Waals surface area contributed by atoms with Gasteiger partial charge in [0.1, 0.15) is 6.04 Å². The summed E-state index contributed by atoms with van der Waals surface area (Å²) >= 11 is 0. The largest absolute Gasteiger partial charge is 0.334 e. The third-order valence-corrected chi connectivity index (χ3v) is 3.08. The number of nitriles is 1. The summed E-state index contributed by atoms with van der Waals surface area (Å²) in [5.41, 5.74) is 1.17. The fourth-order valence-electron chi connectivity index (χ4n) is 1.96. The van der Waals surface area contributed by atoms with Crippen molar-refractivity contribution in [3.8, 4) is 6.07 Å². The molecule has 1 unspecified atom stereocenters. The maximum absolute atomic E-state index is 12.0. The van der Waals surface area contributed by atoms with E-state index in [-0.39, 0.29) is 11.8 Å². The van der Waals surface area contributed by atoms with Crippen molar-refractivity contribution >= 4 is 17.5 Å². The highest BCUT2D eigenvalue weighted by Crippen LogP contribution is 2.18. The molecule has 1 aliphatic rings. The second-order valence-electron chi connectivity index (χ2n) is 4.24. The van der Waals surface area contributed by atoms with Crippen LogP contribution < -0.4 is 5.32 Å². The van der Waals surface area contributed by atoms with Gasteiger partial charge in [0.15, 0.2) is 0 Å². The summed E-state index contributed by atoms with van der Waals surface area (Å²) in [6.07, 6.45) is 0.972. The van der Waals surface area contributed by atoms with Gasteiger partial charge in [-0.1, -0.05) is 0 Å². The Balaban J connectivity index is 2.03. The van der Waals surface area contributed by atoms with Crippen molar-refractivity contribution in [2.45, 2.75) is 18.9 Å². The summed E-state index contributed by atoms with van der Waals surface area (Å²) in [6, 6.07) is 8.24. The lowest BCUT2D eigenvalue weighted by atomic mass is 10.2. The molecule has 0 radical (unpaired) electrons. The summed E-state index contributed by atoms with van der Waals surface area (Å²) in [6.45, 7) is 0. The number of rotatable bonds is 2. The Morgan fingerprint density at radius 2 is 2.11 bits per heavy atom. The van der Waals surface area contributed by atoms with Crippen LogP contribution in [0.15, 0.2) is 24.3 Å². The first-order valence-electron chi connectivity index (χ1n) is 5.68. The minimum Gasteiger partial charge on any atom is -0.334 e. The second-order valence-corrected chi connectivity index (χ2v) is 4.24. The van der Waals surface area contributed by atoms with E-state index >= 15 is 0 Å². The number of carbonyl (C=O) groups excluding carboxylic acids is 2. The molecular weight excluding hydrogens is 230 g/mol. The molecule has 1 atom stereocenters. The van der Waals surface area contributed by atoms with E-state index in [2.05, 4.69) is 5.32 Å². The standard InChI is InChI=1S/C13H13N3O2/c1-16-11(6-7-12(16)17)13(18)15-10-4-2-9(8-14)3-5-10/h2-5,11H,6-7H2,1H3,(H,15,18). The monoisotopic (exact) mass is 243 g/mol. The van der Waals surface area contributed by atoms with Crippen molar-refractivity contribution in [2.24, 2.45) is 0 Å². The molecule has 1 aliphatic heterocycles. The van der Waals surface area contributed by atoms with E-state index in [0.29, 0.717) is 24.1 Å². The van der Waals surface area contributed by atoms with E-state index in [1.54, 1.807) is 31.3 Å². The predicted octanol–water partition coefficient (Wildman–Crippen LogP) is 1.12. The fourth-order valence-corrected chi connectivity index (χ4v) is 1.96. The summed E-state index contributed by atoms with van der Waals surface area (Å²) in [4.78, 5) is 24.8. The lowest BCUT2D eigenvalue weighted by Gasteiger charge is -2.19. The highest BCUT2D eigenvalue weighted by atomic mass is 16.2. The van der Waals surface area contributed by atoms with E-state index < -0.39 is 6.04 Å². The molecule has 0 aromatic heterocycles. The molecule has 0 bridgehead atoms. The van der Waals surface area contributed by atoms with Gasteiger partial charge in [0.25, 0.3) is 0 Å². The van der Waals surface area contributed by atoms with Gasteiger partial charge < -0.3 is 10.2 Å². The Bertz CT molecular complexity index is 516. The second kappa shape index (κ2) is 4.88. The molecule has 2 amide bonds. The van der Waals surface area contributed by atoms with Gasteiger partial charge in [0, 0.05) is 19.2 Å². The SMILES string of the molecule is CN1C(=O)CCC1C(=O)Nc1ccc(C#N)cc1. The number of amides is 2. The van der Waals surface area contributed by atoms with Gasteiger partial charge in [-0.2, -0.15) is 5.26 Å². The minimum absolute atomic E-state index is 0.00465. The lowest BCUT2D eigenvalue weighted by Crippen LogP contribution is -2.38. The molecule has 1 saturated heterocycles. The minimum atomic E-state index is -0.395. The maximum atomic E-state index is 12.0. The number of carbonyl (C=O) groups is 2. The Hall–Kier alpha value is -2.35. The molecule has 1 N–H and O–H groups in total. The molecule has 0 saturated carbocycles. The quantitative estimate of drug-likeness (QED) is 0.845. The number of benzene rings is 1. The van der Waals surface area contributed by atoms with Gasteiger partial charge >= 0.3 is 0 Å². The zero-order chi connectivity index (χ0) is 13.1. The number of anilines is 1. The molecule has 2 rings (SSSR count). The van der Waals surface area contributed by atoms with Crippen LogP contribution in [0.2, 0.25) is 0 Å². The van der Waals surface area contributed by atoms with Crippen molar-refractivity contribution in [3.63, 3.8) is 0 Å². The fraction of sp³-hybridized carbons (Fsp3) is 0.308. The Labute approximate surface area is 105 Å². The van der Waals surface area contributed by atoms with Crippen LogP contribution in [0.4, 0.5) is 5.69 Å². The molecule has 1 heterocycles. The van der Waals surface area contributed by atoms with E-state index in [1.165, 1.54) is 4.90 Å². The van der Waals surface area contributed by atoms with Gasteiger partial charge in [-0.3, -0.25) is 9.59 Å². The number of hydrogen-bond donors (Lipinski definition) is 1. The van der Waals surface area contributed by atoms with Crippen molar-refractivity contribution in [1.82, 2.24) is 4.90 Å². The average molecular weight is 243 g/mol. The predicted molar refractivity (Wildman–Crippen MR) is 65.6 cm³/mol. The molecule has 1 aromatic carbocycles. The van der Waals surface area contributed by atoms with Crippen LogP contribution in [0.5, 0.6) is 0 Å². The molecule has 5 heteroatoms. The molecule has 1 aromatic rings. The van der Waals surface area contributed by atoms with E-state index in [4.69, 9.17) is 5.26 Å². The summed E-state index contributed by atoms with van der Waals surface area (Å²) in [5, 5.41) is 11.4. The van der Waals surface area contributed by atoms with Crippen LogP contribution in [-0.2, 0) is 9.59 Å². The normalized spacial score (nSPS) is 18.6. The highest BCUT2D eigenvalue weighted by molar-refractivity contribution is 5.98. The first-order chi connectivity index (χ1) is 8.61. The maximum Gasteiger partial charge on any atom is 0.247 e. The van der Waals surface area contributed by atoms with Crippen LogP contribution >= 0.6 is 0 Å². The Morgan fingerprint density at radius 3 is 2.61 bits per heavy atom. The van der Waals surface area contributed by atoms with Gasteiger partial charge in [-0.25, -0.2) is 0 Å². The molecular formula is C13H13N3O2. The van der Waals surface area contributed by atoms with Crippen molar-refractivity contribution in [1.29, 1.82) is 5.26 Å². The molecule has 0 aliphatic carbocycles. The zero-order valence-corrected chi connectivity index (χ0v) is 10.0. The molecule has 1 fully saturated rings. The number of nitrogens with zero attached hydrogens (tertiary/aromatic N) is 2. The van der Waals surface area contributed by atoms with Crippen LogP contribution in [-0.4, -0.2) is 29.8 Å². The smallest absolute Gasteiger partial charge is 0.247 e. The summed E-state index contributed by atoms with van der Waals surface area (Å²) in [7, 11) is 1.64. The molecule has 18 heavy (non-hydrogen) atoms. The lowest BCUT2D eigenvalue weighted by molar-refractivity contribution is -0.131. The van der Waals surface area contributed by atoms with Crippen molar-refractivity contribution in [3.05, 3.63) is 29.8 Å². The van der Waals surface area contributed by atoms with Gasteiger partial charge in [0.05, 0.1) is 11.6 Å². The Kier molecular flexibility index (Phi) is 3.28. The first kappa shape index (κ1) is 12.1. The average Bonchev–Trinajstić information content (AvgIpc) is 2.71. The van der Waals surface area contributed by atoms with Crippen LogP contribution in [0.1, 0.15) is 18.4 Å². The Morgan fingerprint density at radius 1 is 1.44 bits per heavy atom. The molecule has 0 spiro atoms. The topological polar surface area (TPSA) is 73.2 Å². The summed E-state index contributed by atoms with van der Waals surface area (Å²) < 4.78 is 0. The molecule has 5 nitrogen and oxygen atoms in total. The zero-order valence-electron chi connectivity index (χ0n) is 10.0. The highest BCUT2D eigenvalue weighted by Gasteiger charge is 2.33. The van der Waals surface area contributed by atoms with E-state index in [0.717, 1.165) is 0 Å². The first-order valence-corrected chi connectivity index (χ1v) is 5.68. The van der Waals surface area contributed by atoms with E-state index in [9.17, 15) is 9.59 Å². The van der Waals surface area contributed by atoms with Crippen LogP contribution in [0, 0.1) is 11.3 Å². The third-order valence-electron chi connectivity index (χ3n) is 3.08. The third kappa shape index (κ3) is 2.33.